The topological polar surface area (TPSA) is 97.0 Å². The lowest BCUT2D eigenvalue weighted by atomic mass is 10.2. The minimum Gasteiger partial charge on any atom is -0.377 e. The summed E-state index contributed by atoms with van der Waals surface area (Å²) < 4.78 is 32.7. The molecule has 0 bridgehead atoms. The number of nitrogens with zero attached hydrogens (tertiary/aromatic N) is 2. The Kier molecular flexibility index (Phi) is 7.68. The summed E-state index contributed by atoms with van der Waals surface area (Å²) in [6.07, 6.45) is 4.20. The van der Waals surface area contributed by atoms with Crippen LogP contribution in [0.5, 0.6) is 0 Å². The average molecular weight is 494 g/mol. The van der Waals surface area contributed by atoms with Gasteiger partial charge in [-0.2, -0.15) is 0 Å². The molecule has 0 aromatic heterocycles. The molecule has 0 spiro atoms. The minimum absolute atomic E-state index is 0. The van der Waals surface area contributed by atoms with Crippen LogP contribution in [0.3, 0.4) is 0 Å². The number of ether oxygens (including phenoxy) is 1. The van der Waals surface area contributed by atoms with Crippen LogP contribution in [0.2, 0.25) is 0 Å². The highest BCUT2D eigenvalue weighted by atomic mass is 127. The third-order valence-electron chi connectivity index (χ3n) is 4.64. The molecule has 0 radical (unpaired) electrons. The monoisotopic (exact) mass is 494 g/mol. The van der Waals surface area contributed by atoms with Crippen molar-refractivity contribution in [3.63, 3.8) is 0 Å². The maximum atomic E-state index is 12.3. The van der Waals surface area contributed by atoms with Crippen molar-refractivity contribution in [1.29, 1.82) is 0 Å². The molecule has 1 heterocycles. The van der Waals surface area contributed by atoms with Crippen molar-refractivity contribution < 1.29 is 13.2 Å². The number of sulfonamides is 1. The fraction of sp³-hybridized carbons (Fsp3) is 0.588. The van der Waals surface area contributed by atoms with E-state index in [-0.39, 0.29) is 35.0 Å². The summed E-state index contributed by atoms with van der Waals surface area (Å²) in [5.41, 5.74) is 6.88. The van der Waals surface area contributed by atoms with E-state index in [2.05, 4.69) is 9.71 Å². The fourth-order valence-electron chi connectivity index (χ4n) is 2.80. The molecular formula is C17H27IN4O3S. The molecule has 26 heavy (non-hydrogen) atoms. The Hall–Kier alpha value is -0.910. The van der Waals surface area contributed by atoms with E-state index in [4.69, 9.17) is 10.5 Å². The van der Waals surface area contributed by atoms with E-state index in [0.717, 1.165) is 31.2 Å². The van der Waals surface area contributed by atoms with Crippen LogP contribution in [-0.2, 0) is 21.3 Å². The number of halogens is 1. The van der Waals surface area contributed by atoms with E-state index in [1.165, 1.54) is 0 Å². The summed E-state index contributed by atoms with van der Waals surface area (Å²) in [6, 6.07) is 7.27. The Morgan fingerprint density at radius 3 is 2.58 bits per heavy atom. The predicted molar refractivity (Wildman–Crippen MR) is 112 cm³/mol. The van der Waals surface area contributed by atoms with Gasteiger partial charge in [0, 0.05) is 26.2 Å². The maximum absolute atomic E-state index is 12.3. The zero-order valence-electron chi connectivity index (χ0n) is 14.9. The van der Waals surface area contributed by atoms with E-state index in [1.54, 1.807) is 24.3 Å². The summed E-state index contributed by atoms with van der Waals surface area (Å²) in [5.74, 6) is 0.525. The molecule has 1 aliphatic carbocycles. The van der Waals surface area contributed by atoms with Crippen LogP contribution in [0, 0.1) is 0 Å². The Balaban J connectivity index is 0.00000243. The highest BCUT2D eigenvalue weighted by Gasteiger charge is 2.27. The van der Waals surface area contributed by atoms with Crippen LogP contribution in [-0.4, -0.2) is 51.6 Å². The molecule has 2 aliphatic rings. The standard InChI is InChI=1S/C17H26N4O3S.HI/c1-21(14-6-7-14)17(18)19-11-13-4-8-16(9-5-13)25(22,23)20-12-15-3-2-10-24-15;/h4-5,8-9,14-15,20H,2-3,6-7,10-12H2,1H3,(H2,18,19);1H. The van der Waals surface area contributed by atoms with E-state index in [1.807, 2.05) is 11.9 Å². The molecular weight excluding hydrogens is 467 g/mol. The summed E-state index contributed by atoms with van der Waals surface area (Å²) in [5, 5.41) is 0. The Morgan fingerprint density at radius 2 is 2.00 bits per heavy atom. The number of hydrogen-bond donors (Lipinski definition) is 2. The van der Waals surface area contributed by atoms with Crippen LogP contribution in [0.25, 0.3) is 0 Å². The average Bonchev–Trinajstić information content (AvgIpc) is 3.33. The fourth-order valence-corrected chi connectivity index (χ4v) is 3.86. The van der Waals surface area contributed by atoms with E-state index in [9.17, 15) is 8.42 Å². The molecule has 1 saturated heterocycles. The first-order valence-electron chi connectivity index (χ1n) is 8.68. The van der Waals surface area contributed by atoms with E-state index >= 15 is 0 Å². The Labute approximate surface area is 172 Å². The zero-order chi connectivity index (χ0) is 17.9. The number of guanidine groups is 1. The molecule has 146 valence electrons. The highest BCUT2D eigenvalue weighted by molar-refractivity contribution is 14.0. The van der Waals surface area contributed by atoms with E-state index in [0.29, 0.717) is 31.7 Å². The van der Waals surface area contributed by atoms with Crippen molar-refractivity contribution in [3.8, 4) is 0 Å². The first kappa shape index (κ1) is 21.4. The normalized spacial score (nSPS) is 20.7. The van der Waals surface area contributed by atoms with Gasteiger partial charge in [0.15, 0.2) is 5.96 Å². The molecule has 1 unspecified atom stereocenters. The molecule has 1 atom stereocenters. The molecule has 1 aromatic rings. The summed E-state index contributed by atoms with van der Waals surface area (Å²) >= 11 is 0. The van der Waals surface area contributed by atoms with Gasteiger partial charge in [0.2, 0.25) is 10.0 Å². The molecule has 1 saturated carbocycles. The minimum atomic E-state index is -3.51. The third-order valence-corrected chi connectivity index (χ3v) is 6.08. The Bertz CT molecular complexity index is 714. The van der Waals surface area contributed by atoms with Gasteiger partial charge in [-0.25, -0.2) is 18.1 Å². The SMILES string of the molecule is CN(C(N)=NCc1ccc(S(=O)(=O)NCC2CCCO2)cc1)C1CC1.I. The first-order valence-corrected chi connectivity index (χ1v) is 10.2. The van der Waals surface area contributed by atoms with Crippen LogP contribution < -0.4 is 10.5 Å². The van der Waals surface area contributed by atoms with Gasteiger partial charge in [0.05, 0.1) is 17.5 Å². The molecule has 1 aliphatic heterocycles. The Morgan fingerprint density at radius 1 is 1.31 bits per heavy atom. The number of rotatable bonds is 7. The molecule has 3 rings (SSSR count). The van der Waals surface area contributed by atoms with Crippen LogP contribution in [0.1, 0.15) is 31.2 Å². The van der Waals surface area contributed by atoms with Crippen LogP contribution in [0.4, 0.5) is 0 Å². The highest BCUT2D eigenvalue weighted by Crippen LogP contribution is 2.25. The molecule has 1 aromatic carbocycles. The van der Waals surface area contributed by atoms with Gasteiger partial charge in [-0.05, 0) is 43.4 Å². The lowest BCUT2D eigenvalue weighted by Crippen LogP contribution is -2.35. The second-order valence-corrected chi connectivity index (χ2v) is 8.41. The number of nitrogens with two attached hydrogens (primary N) is 1. The maximum Gasteiger partial charge on any atom is 0.240 e. The van der Waals surface area contributed by atoms with Gasteiger partial charge in [0.25, 0.3) is 0 Å². The zero-order valence-corrected chi connectivity index (χ0v) is 18.1. The molecule has 2 fully saturated rings. The van der Waals surface area contributed by atoms with Crippen LogP contribution in [0.15, 0.2) is 34.2 Å². The second-order valence-electron chi connectivity index (χ2n) is 6.65. The first-order chi connectivity index (χ1) is 12.0. The molecule has 0 amide bonds. The van der Waals surface area contributed by atoms with Gasteiger partial charge in [-0.3, -0.25) is 0 Å². The third kappa shape index (κ3) is 5.80. The van der Waals surface area contributed by atoms with Crippen molar-refractivity contribution in [2.75, 3.05) is 20.2 Å². The van der Waals surface area contributed by atoms with Crippen molar-refractivity contribution in [1.82, 2.24) is 9.62 Å². The van der Waals surface area contributed by atoms with Crippen molar-refractivity contribution >= 4 is 40.0 Å². The van der Waals surface area contributed by atoms with Crippen molar-refractivity contribution in [3.05, 3.63) is 29.8 Å². The lowest BCUT2D eigenvalue weighted by molar-refractivity contribution is 0.114. The number of nitrogens with one attached hydrogen (secondary N) is 1. The smallest absolute Gasteiger partial charge is 0.240 e. The molecule has 3 N–H and O–H groups in total. The summed E-state index contributed by atoms with van der Waals surface area (Å²) in [7, 11) is -1.56. The van der Waals surface area contributed by atoms with Gasteiger partial charge in [-0.15, -0.1) is 24.0 Å². The lowest BCUT2D eigenvalue weighted by Gasteiger charge is -2.16. The van der Waals surface area contributed by atoms with Gasteiger partial charge in [0.1, 0.15) is 0 Å². The predicted octanol–water partition coefficient (Wildman–Crippen LogP) is 1.67. The molecule has 9 heteroatoms. The molecule has 7 nitrogen and oxygen atoms in total. The summed E-state index contributed by atoms with van der Waals surface area (Å²) in [4.78, 5) is 6.62. The number of aliphatic imine (C=N–C) groups is 1. The summed E-state index contributed by atoms with van der Waals surface area (Å²) in [6.45, 7) is 1.46. The van der Waals surface area contributed by atoms with Crippen molar-refractivity contribution in [2.24, 2.45) is 10.7 Å². The van der Waals surface area contributed by atoms with Crippen LogP contribution >= 0.6 is 24.0 Å². The van der Waals surface area contributed by atoms with Gasteiger partial charge >= 0.3 is 0 Å². The van der Waals surface area contributed by atoms with E-state index < -0.39 is 10.0 Å². The van der Waals surface area contributed by atoms with Gasteiger partial charge in [-0.1, -0.05) is 12.1 Å². The number of benzene rings is 1. The van der Waals surface area contributed by atoms with Gasteiger partial charge < -0.3 is 15.4 Å². The second kappa shape index (κ2) is 9.34. The largest absolute Gasteiger partial charge is 0.377 e. The number of hydrogen-bond acceptors (Lipinski definition) is 4. The van der Waals surface area contributed by atoms with Crippen molar-refractivity contribution in [2.45, 2.75) is 49.3 Å². The quantitative estimate of drug-likeness (QED) is 0.342.